The van der Waals surface area contributed by atoms with Crippen LogP contribution in [0, 0.1) is 0 Å². The van der Waals surface area contributed by atoms with E-state index < -0.39 is 11.6 Å². The third-order valence-electron chi connectivity index (χ3n) is 6.25. The standard InChI is InChI=1S/C18H20O3.C16H16O3/c1-3-20-18(21-4-2,16-13-9-6-10-14-16)17(19)15-11-7-5-8-12-15;1-18-16(19-2,14-11-7-4-8-12-14)15(17)13-9-5-3-6-10-13/h5-14H,3-4H2,1-2H3;3-12H,1-2H3. The van der Waals surface area contributed by atoms with Gasteiger partial charge in [-0.25, -0.2) is 0 Å². The molecule has 0 aliphatic carbocycles. The molecule has 0 atom stereocenters. The van der Waals surface area contributed by atoms with Gasteiger partial charge in [0.2, 0.25) is 11.6 Å². The first-order chi connectivity index (χ1) is 19.5. The second-order valence-corrected chi connectivity index (χ2v) is 8.63. The second kappa shape index (κ2) is 15.0. The quantitative estimate of drug-likeness (QED) is 0.145. The second-order valence-electron chi connectivity index (χ2n) is 8.63. The van der Waals surface area contributed by atoms with Crippen molar-refractivity contribution < 1.29 is 28.5 Å². The maximum absolute atomic E-state index is 13.0. The van der Waals surface area contributed by atoms with Gasteiger partial charge >= 0.3 is 0 Å². The fourth-order valence-electron chi connectivity index (χ4n) is 4.39. The summed E-state index contributed by atoms with van der Waals surface area (Å²) in [7, 11) is 2.94. The topological polar surface area (TPSA) is 71.1 Å². The molecule has 4 aromatic carbocycles. The van der Waals surface area contributed by atoms with Crippen LogP contribution in [0.1, 0.15) is 45.7 Å². The van der Waals surface area contributed by atoms with Gasteiger partial charge in [-0.3, -0.25) is 9.59 Å². The summed E-state index contributed by atoms with van der Waals surface area (Å²) in [6, 6.07) is 36.6. The maximum atomic E-state index is 13.0. The number of Topliss-reactive ketones (excluding diaryl/α,β-unsaturated/α-hetero) is 2. The third-order valence-corrected chi connectivity index (χ3v) is 6.25. The van der Waals surface area contributed by atoms with Crippen LogP contribution in [0.2, 0.25) is 0 Å². The number of rotatable bonds is 12. The Bertz CT molecular complexity index is 1300. The SMILES string of the molecule is CCOC(OCC)(C(=O)c1ccccc1)c1ccccc1.COC(OC)(C(=O)c1ccccc1)c1ccccc1. The van der Waals surface area contributed by atoms with E-state index in [0.29, 0.717) is 35.5 Å². The van der Waals surface area contributed by atoms with Gasteiger partial charge in [0.15, 0.2) is 0 Å². The van der Waals surface area contributed by atoms with E-state index in [1.807, 2.05) is 111 Å². The monoisotopic (exact) mass is 540 g/mol. The van der Waals surface area contributed by atoms with E-state index in [1.54, 1.807) is 24.3 Å². The summed E-state index contributed by atoms with van der Waals surface area (Å²) in [6.45, 7) is 4.48. The van der Waals surface area contributed by atoms with Gasteiger partial charge in [0.05, 0.1) is 0 Å². The normalized spacial score (nSPS) is 11.3. The first-order valence-corrected chi connectivity index (χ1v) is 13.2. The summed E-state index contributed by atoms with van der Waals surface area (Å²) in [6.07, 6.45) is 0. The molecule has 0 radical (unpaired) electrons. The lowest BCUT2D eigenvalue weighted by atomic mass is 9.95. The largest absolute Gasteiger partial charge is 0.343 e. The van der Waals surface area contributed by atoms with Crippen LogP contribution in [0.4, 0.5) is 0 Å². The lowest BCUT2D eigenvalue weighted by molar-refractivity contribution is -0.204. The molecule has 0 saturated carbocycles. The molecular formula is C34H36O6. The van der Waals surface area contributed by atoms with E-state index in [0.717, 1.165) is 0 Å². The van der Waals surface area contributed by atoms with Crippen molar-refractivity contribution >= 4 is 11.6 Å². The predicted molar refractivity (Wildman–Crippen MR) is 155 cm³/mol. The molecule has 0 heterocycles. The van der Waals surface area contributed by atoms with Gasteiger partial charge in [0.1, 0.15) is 0 Å². The van der Waals surface area contributed by atoms with Crippen molar-refractivity contribution in [3.8, 4) is 0 Å². The average Bonchev–Trinajstić information content (AvgIpc) is 3.03. The summed E-state index contributed by atoms with van der Waals surface area (Å²) < 4.78 is 22.4. The minimum atomic E-state index is -1.40. The molecule has 4 aromatic rings. The van der Waals surface area contributed by atoms with Crippen molar-refractivity contribution in [3.63, 3.8) is 0 Å². The number of carbonyl (C=O) groups is 2. The van der Waals surface area contributed by atoms with Gasteiger partial charge in [-0.15, -0.1) is 0 Å². The lowest BCUT2D eigenvalue weighted by Crippen LogP contribution is -2.42. The summed E-state index contributed by atoms with van der Waals surface area (Å²) in [5, 5.41) is 0. The Morgan fingerprint density at radius 3 is 1.12 bits per heavy atom. The van der Waals surface area contributed by atoms with Gasteiger partial charge in [-0.05, 0) is 13.8 Å². The van der Waals surface area contributed by atoms with Gasteiger partial charge in [0, 0.05) is 49.7 Å². The zero-order valence-corrected chi connectivity index (χ0v) is 23.4. The Balaban J connectivity index is 0.000000222. The van der Waals surface area contributed by atoms with Crippen molar-refractivity contribution in [2.24, 2.45) is 0 Å². The molecule has 0 N–H and O–H groups in total. The number of methoxy groups -OCH3 is 2. The Morgan fingerprint density at radius 2 is 0.800 bits per heavy atom. The van der Waals surface area contributed by atoms with Crippen LogP contribution in [-0.2, 0) is 30.5 Å². The van der Waals surface area contributed by atoms with Gasteiger partial charge in [-0.2, -0.15) is 0 Å². The Labute approximate surface area is 236 Å². The molecule has 208 valence electrons. The van der Waals surface area contributed by atoms with Crippen molar-refractivity contribution in [1.82, 2.24) is 0 Å². The van der Waals surface area contributed by atoms with Crippen LogP contribution >= 0.6 is 0 Å². The highest BCUT2D eigenvalue weighted by atomic mass is 16.7. The number of carbonyl (C=O) groups excluding carboxylic acids is 2. The molecular weight excluding hydrogens is 504 g/mol. The average molecular weight is 541 g/mol. The molecule has 0 bridgehead atoms. The molecule has 0 spiro atoms. The van der Waals surface area contributed by atoms with Crippen LogP contribution in [0.15, 0.2) is 121 Å². The molecule has 0 amide bonds. The summed E-state index contributed by atoms with van der Waals surface area (Å²) in [4.78, 5) is 25.7. The van der Waals surface area contributed by atoms with Gasteiger partial charge in [-0.1, -0.05) is 121 Å². The molecule has 0 aliphatic rings. The fourth-order valence-corrected chi connectivity index (χ4v) is 4.39. The first-order valence-electron chi connectivity index (χ1n) is 13.2. The predicted octanol–water partition coefficient (Wildman–Crippen LogP) is 6.81. The highest BCUT2D eigenvalue weighted by molar-refractivity contribution is 6.02. The van der Waals surface area contributed by atoms with Crippen molar-refractivity contribution in [1.29, 1.82) is 0 Å². The molecule has 6 nitrogen and oxygen atoms in total. The van der Waals surface area contributed by atoms with Crippen LogP contribution in [0.5, 0.6) is 0 Å². The Hall–Kier alpha value is -3.94. The summed E-state index contributed by atoms with van der Waals surface area (Å²) in [5.41, 5.74) is 2.51. The minimum absolute atomic E-state index is 0.182. The number of hydrogen-bond donors (Lipinski definition) is 0. The molecule has 0 saturated heterocycles. The van der Waals surface area contributed by atoms with Crippen molar-refractivity contribution in [2.45, 2.75) is 25.4 Å². The third kappa shape index (κ3) is 6.79. The highest BCUT2D eigenvalue weighted by Crippen LogP contribution is 2.32. The van der Waals surface area contributed by atoms with E-state index in [-0.39, 0.29) is 11.6 Å². The summed E-state index contributed by atoms with van der Waals surface area (Å²) >= 11 is 0. The highest BCUT2D eigenvalue weighted by Gasteiger charge is 2.43. The minimum Gasteiger partial charge on any atom is -0.343 e. The van der Waals surface area contributed by atoms with Crippen LogP contribution in [0.3, 0.4) is 0 Å². The van der Waals surface area contributed by atoms with Crippen LogP contribution in [0.25, 0.3) is 0 Å². The van der Waals surface area contributed by atoms with E-state index in [1.165, 1.54) is 14.2 Å². The van der Waals surface area contributed by atoms with E-state index >= 15 is 0 Å². The number of benzene rings is 4. The number of hydrogen-bond acceptors (Lipinski definition) is 6. The van der Waals surface area contributed by atoms with Gasteiger partial charge in [0.25, 0.3) is 11.6 Å². The first kappa shape index (κ1) is 30.6. The summed E-state index contributed by atoms with van der Waals surface area (Å²) in [5.74, 6) is -3.18. The smallest absolute Gasteiger partial charge is 0.261 e. The van der Waals surface area contributed by atoms with E-state index in [9.17, 15) is 9.59 Å². The van der Waals surface area contributed by atoms with E-state index in [2.05, 4.69) is 0 Å². The number of ether oxygens (including phenoxy) is 4. The maximum Gasteiger partial charge on any atom is 0.261 e. The van der Waals surface area contributed by atoms with Gasteiger partial charge < -0.3 is 18.9 Å². The molecule has 40 heavy (non-hydrogen) atoms. The molecule has 6 heteroatoms. The Kier molecular flexibility index (Phi) is 11.5. The van der Waals surface area contributed by atoms with Crippen molar-refractivity contribution in [2.75, 3.05) is 27.4 Å². The molecule has 0 aromatic heterocycles. The molecule has 0 fully saturated rings. The molecule has 4 rings (SSSR count). The lowest BCUT2D eigenvalue weighted by Gasteiger charge is -2.32. The number of ketones is 2. The zero-order chi connectivity index (χ0) is 28.8. The fraction of sp³-hybridized carbons (Fsp3) is 0.235. The van der Waals surface area contributed by atoms with Crippen LogP contribution in [-0.4, -0.2) is 39.0 Å². The zero-order valence-electron chi connectivity index (χ0n) is 23.4. The molecule has 0 unspecified atom stereocenters. The molecule has 0 aliphatic heterocycles. The van der Waals surface area contributed by atoms with E-state index in [4.69, 9.17) is 18.9 Å². The van der Waals surface area contributed by atoms with Crippen LogP contribution < -0.4 is 0 Å². The Morgan fingerprint density at radius 1 is 0.500 bits per heavy atom. The van der Waals surface area contributed by atoms with Crippen molar-refractivity contribution in [3.05, 3.63) is 144 Å².